The number of alkyl halides is 3. The van der Waals surface area contributed by atoms with Gasteiger partial charge in [-0.25, -0.2) is 4.39 Å². The van der Waals surface area contributed by atoms with Crippen molar-refractivity contribution in [3.8, 4) is 6.07 Å². The number of benzene rings is 1. The largest absolute Gasteiger partial charge is 0.420 e. The molecule has 9 heteroatoms. The third-order valence-corrected chi connectivity index (χ3v) is 5.78. The van der Waals surface area contributed by atoms with Crippen LogP contribution in [0.25, 0.3) is 0 Å². The van der Waals surface area contributed by atoms with Crippen LogP contribution in [0.1, 0.15) is 44.2 Å². The summed E-state index contributed by atoms with van der Waals surface area (Å²) in [6, 6.07) is 3.18. The Bertz CT molecular complexity index is 1070. The van der Waals surface area contributed by atoms with Crippen molar-refractivity contribution in [3.05, 3.63) is 65.2 Å². The molecule has 1 saturated carbocycles. The molecule has 1 heterocycles. The molecule has 2 fully saturated rings. The molecule has 1 saturated heterocycles. The monoisotopic (exact) mass is 449 g/mol. The molecule has 1 aromatic carbocycles. The maximum Gasteiger partial charge on any atom is 0.420 e. The molecular weight excluding hydrogens is 430 g/mol. The van der Waals surface area contributed by atoms with Crippen LogP contribution in [0.2, 0.25) is 0 Å². The maximum absolute atomic E-state index is 15.1. The van der Waals surface area contributed by atoms with E-state index in [0.717, 1.165) is 29.0 Å². The highest BCUT2D eigenvalue weighted by Gasteiger charge is 2.60. The number of thiocarbonyl (C=S) groups is 1. The van der Waals surface area contributed by atoms with Crippen LogP contribution in [0.4, 0.5) is 23.2 Å². The van der Waals surface area contributed by atoms with Crippen LogP contribution in [0.3, 0.4) is 0 Å². The van der Waals surface area contributed by atoms with Crippen LogP contribution in [0.5, 0.6) is 0 Å². The lowest BCUT2D eigenvalue weighted by Gasteiger charge is -2.43. The fraction of sp³-hybridized carbons (Fsp3) is 0.318. The van der Waals surface area contributed by atoms with E-state index in [4.69, 9.17) is 17.5 Å². The van der Waals surface area contributed by atoms with Gasteiger partial charge in [-0.15, -0.1) is 0 Å². The van der Waals surface area contributed by atoms with E-state index in [1.165, 1.54) is 12.1 Å². The van der Waals surface area contributed by atoms with E-state index in [9.17, 15) is 18.0 Å². The molecular formula is C22H19F4N3OS. The minimum atomic E-state index is -5.11. The SMILES string of the molecule is C=C/C(=C\C=C(C)C)N1C(=S)N(c2ccc(C#N)c(C(F)(F)F)c2F)C(=O)C12CCC2. The van der Waals surface area contributed by atoms with E-state index < -0.39 is 40.3 Å². The minimum Gasteiger partial charge on any atom is -0.303 e. The number of carbonyl (C=O) groups excluding carboxylic acids is 1. The Hall–Kier alpha value is -2.99. The first-order valence-corrected chi connectivity index (χ1v) is 9.86. The number of hydrogen-bond donors (Lipinski definition) is 0. The van der Waals surface area contributed by atoms with Crippen molar-refractivity contribution in [1.29, 1.82) is 5.26 Å². The van der Waals surface area contributed by atoms with Crippen LogP contribution in [-0.4, -0.2) is 21.5 Å². The number of nitriles is 1. The lowest BCUT2D eigenvalue weighted by atomic mass is 9.75. The highest BCUT2D eigenvalue weighted by molar-refractivity contribution is 7.80. The van der Waals surface area contributed by atoms with Crippen LogP contribution in [-0.2, 0) is 11.0 Å². The second-order valence-electron chi connectivity index (χ2n) is 7.61. The van der Waals surface area contributed by atoms with E-state index in [-0.39, 0.29) is 5.11 Å². The van der Waals surface area contributed by atoms with Gasteiger partial charge in [0.2, 0.25) is 0 Å². The van der Waals surface area contributed by atoms with Crippen LogP contribution in [0.15, 0.2) is 48.2 Å². The van der Waals surface area contributed by atoms with E-state index in [0.29, 0.717) is 18.5 Å². The summed E-state index contributed by atoms with van der Waals surface area (Å²) in [5.41, 5.74) is -2.83. The molecule has 0 unspecified atom stereocenters. The molecule has 0 bridgehead atoms. The average Bonchev–Trinajstić information content (AvgIpc) is 2.88. The van der Waals surface area contributed by atoms with Crippen molar-refractivity contribution >= 4 is 28.9 Å². The smallest absolute Gasteiger partial charge is 0.303 e. The Morgan fingerprint density at radius 3 is 2.39 bits per heavy atom. The van der Waals surface area contributed by atoms with Gasteiger partial charge in [-0.1, -0.05) is 18.2 Å². The summed E-state index contributed by atoms with van der Waals surface area (Å²) >= 11 is 5.46. The predicted molar refractivity (Wildman–Crippen MR) is 112 cm³/mol. The van der Waals surface area contributed by atoms with Crippen LogP contribution < -0.4 is 4.90 Å². The summed E-state index contributed by atoms with van der Waals surface area (Å²) in [7, 11) is 0. The van der Waals surface area contributed by atoms with Crippen molar-refractivity contribution < 1.29 is 22.4 Å². The molecule has 31 heavy (non-hydrogen) atoms. The first-order chi connectivity index (χ1) is 14.5. The van der Waals surface area contributed by atoms with Gasteiger partial charge < -0.3 is 4.90 Å². The molecule has 1 spiro atoms. The molecule has 1 aliphatic heterocycles. The predicted octanol–water partition coefficient (Wildman–Crippen LogP) is 5.61. The zero-order valence-corrected chi connectivity index (χ0v) is 17.7. The Kier molecular flexibility index (Phi) is 5.80. The molecule has 3 rings (SSSR count). The third-order valence-electron chi connectivity index (χ3n) is 5.41. The third kappa shape index (κ3) is 3.55. The highest BCUT2D eigenvalue weighted by atomic mass is 32.1. The lowest BCUT2D eigenvalue weighted by Crippen LogP contribution is -2.54. The van der Waals surface area contributed by atoms with Gasteiger partial charge in [0.15, 0.2) is 10.9 Å². The number of rotatable bonds is 4. The number of hydrogen-bond acceptors (Lipinski definition) is 3. The molecule has 0 radical (unpaired) electrons. The lowest BCUT2D eigenvalue weighted by molar-refractivity contribution is -0.140. The number of amides is 1. The molecule has 0 N–H and O–H groups in total. The fourth-order valence-corrected chi connectivity index (χ4v) is 4.25. The number of anilines is 1. The van der Waals surface area contributed by atoms with Crippen molar-refractivity contribution in [2.24, 2.45) is 0 Å². The number of allylic oxidation sites excluding steroid dienone is 4. The van der Waals surface area contributed by atoms with Crippen LogP contribution >= 0.6 is 12.2 Å². The molecule has 162 valence electrons. The highest BCUT2D eigenvalue weighted by Crippen LogP contribution is 2.49. The molecule has 0 aromatic heterocycles. The van der Waals surface area contributed by atoms with Gasteiger partial charge in [0, 0.05) is 5.70 Å². The van der Waals surface area contributed by atoms with Gasteiger partial charge in [-0.2, -0.15) is 18.4 Å². The maximum atomic E-state index is 15.1. The summed E-state index contributed by atoms with van der Waals surface area (Å²) in [5, 5.41) is 8.86. The molecule has 1 aromatic rings. The van der Waals surface area contributed by atoms with Crippen LogP contribution in [0, 0.1) is 17.1 Å². The van der Waals surface area contributed by atoms with Crippen molar-refractivity contribution in [3.63, 3.8) is 0 Å². The van der Waals surface area contributed by atoms with Gasteiger partial charge in [0.25, 0.3) is 5.91 Å². The second-order valence-corrected chi connectivity index (χ2v) is 7.98. The summed E-state index contributed by atoms with van der Waals surface area (Å²) in [4.78, 5) is 15.7. The van der Waals surface area contributed by atoms with E-state index in [2.05, 4.69) is 6.58 Å². The molecule has 2 aliphatic rings. The Balaban J connectivity index is 2.19. The van der Waals surface area contributed by atoms with E-state index in [1.807, 2.05) is 13.8 Å². The number of halogens is 4. The summed E-state index contributed by atoms with van der Waals surface area (Å²) in [6.45, 7) is 7.52. The van der Waals surface area contributed by atoms with Crippen molar-refractivity contribution in [1.82, 2.24) is 4.90 Å². The van der Waals surface area contributed by atoms with Gasteiger partial charge >= 0.3 is 6.18 Å². The van der Waals surface area contributed by atoms with Crippen molar-refractivity contribution in [2.75, 3.05) is 4.90 Å². The standard InChI is InChI=1S/C22H19F4N3OS/c1-4-15(8-6-13(2)3)29-20(31)28(19(30)21(29)10-5-11-21)16-9-7-14(12-27)17(18(16)23)22(24,25)26/h4,6-9H,1,5,10-11H2,2-3H3/b15-8+. The molecule has 1 amide bonds. The van der Waals surface area contributed by atoms with Crippen molar-refractivity contribution in [2.45, 2.75) is 44.8 Å². The zero-order valence-electron chi connectivity index (χ0n) is 16.9. The minimum absolute atomic E-state index is 0.130. The Labute approximate surface area is 182 Å². The molecule has 1 aliphatic carbocycles. The van der Waals surface area contributed by atoms with Gasteiger partial charge in [-0.3, -0.25) is 9.69 Å². The normalized spacial score (nSPS) is 18.2. The van der Waals surface area contributed by atoms with Gasteiger partial charge in [0.1, 0.15) is 11.1 Å². The van der Waals surface area contributed by atoms with E-state index in [1.54, 1.807) is 17.1 Å². The summed E-state index contributed by atoms with van der Waals surface area (Å²) < 4.78 is 55.4. The first kappa shape index (κ1) is 22.7. The average molecular weight is 449 g/mol. The quantitative estimate of drug-likeness (QED) is 0.341. The molecule has 4 nitrogen and oxygen atoms in total. The summed E-state index contributed by atoms with van der Waals surface area (Å²) in [5.74, 6) is -2.29. The fourth-order valence-electron chi connectivity index (χ4n) is 3.79. The Morgan fingerprint density at radius 2 is 1.94 bits per heavy atom. The Morgan fingerprint density at radius 1 is 1.29 bits per heavy atom. The first-order valence-electron chi connectivity index (χ1n) is 9.45. The zero-order chi connectivity index (χ0) is 23.1. The van der Waals surface area contributed by atoms with Gasteiger partial charge in [-0.05, 0) is 69.6 Å². The second kappa shape index (κ2) is 7.93. The molecule has 0 atom stereocenters. The van der Waals surface area contributed by atoms with E-state index >= 15 is 4.39 Å². The topological polar surface area (TPSA) is 47.3 Å². The number of nitrogens with zero attached hydrogens (tertiary/aromatic N) is 3. The van der Waals surface area contributed by atoms with Gasteiger partial charge in [0.05, 0.1) is 17.3 Å². The summed E-state index contributed by atoms with van der Waals surface area (Å²) in [6.07, 6.45) is 1.46. The number of carbonyl (C=O) groups is 1.